The molecule has 3 aromatic carbocycles. The number of ether oxygens (including phenoxy) is 2. The average Bonchev–Trinajstić information content (AvgIpc) is 3.13. The third-order valence-electron chi connectivity index (χ3n) is 5.87. The largest absolute Gasteiger partial charge is 0.508 e. The molecule has 3 aromatic rings. The van der Waals surface area contributed by atoms with E-state index >= 15 is 0 Å². The van der Waals surface area contributed by atoms with E-state index in [2.05, 4.69) is 0 Å². The summed E-state index contributed by atoms with van der Waals surface area (Å²) in [6, 6.07) is 22.0. The van der Waals surface area contributed by atoms with Crippen molar-refractivity contribution in [1.82, 2.24) is 4.90 Å². The van der Waals surface area contributed by atoms with Crippen LogP contribution in [-0.4, -0.2) is 47.1 Å². The van der Waals surface area contributed by atoms with Crippen molar-refractivity contribution in [2.24, 2.45) is 0 Å². The normalized spacial score (nSPS) is 17.1. The summed E-state index contributed by atoms with van der Waals surface area (Å²) in [5.41, 5.74) is 2.05. The number of Topliss-reactive ketones (excluding diaryl/α,β-unsaturated/α-hetero) is 1. The van der Waals surface area contributed by atoms with Crippen molar-refractivity contribution >= 4 is 17.4 Å². The summed E-state index contributed by atoms with van der Waals surface area (Å²) in [7, 11) is 1.57. The van der Waals surface area contributed by atoms with Gasteiger partial charge in [-0.05, 0) is 53.9 Å². The molecule has 2 N–H and O–H groups in total. The van der Waals surface area contributed by atoms with Crippen LogP contribution in [0.15, 0.2) is 84.4 Å². The van der Waals surface area contributed by atoms with Crippen molar-refractivity contribution in [3.63, 3.8) is 0 Å². The Kier molecular flexibility index (Phi) is 7.48. The molecule has 1 unspecified atom stereocenters. The summed E-state index contributed by atoms with van der Waals surface area (Å²) >= 11 is 0. The summed E-state index contributed by atoms with van der Waals surface area (Å²) in [6.07, 6.45) is 0.533. The van der Waals surface area contributed by atoms with E-state index in [9.17, 15) is 19.8 Å². The van der Waals surface area contributed by atoms with Crippen molar-refractivity contribution in [2.45, 2.75) is 19.1 Å². The number of amides is 1. The highest BCUT2D eigenvalue weighted by Crippen LogP contribution is 2.40. The number of likely N-dealkylation sites (tertiary alicyclic amines) is 1. The van der Waals surface area contributed by atoms with E-state index in [1.807, 2.05) is 30.3 Å². The molecule has 7 nitrogen and oxygen atoms in total. The van der Waals surface area contributed by atoms with Gasteiger partial charge in [-0.25, -0.2) is 0 Å². The predicted octanol–water partition coefficient (Wildman–Crippen LogP) is 4.43. The summed E-state index contributed by atoms with van der Waals surface area (Å²) in [4.78, 5) is 27.4. The van der Waals surface area contributed by atoms with Gasteiger partial charge in [-0.15, -0.1) is 0 Å². The molecule has 0 aromatic heterocycles. The monoisotopic (exact) mass is 473 g/mol. The molecule has 35 heavy (non-hydrogen) atoms. The smallest absolute Gasteiger partial charge is 0.295 e. The molecule has 1 saturated heterocycles. The Morgan fingerprint density at radius 3 is 2.29 bits per heavy atom. The molecule has 0 saturated carbocycles. The first-order valence-electron chi connectivity index (χ1n) is 11.3. The Morgan fingerprint density at radius 1 is 0.943 bits per heavy atom. The van der Waals surface area contributed by atoms with Gasteiger partial charge in [0.25, 0.3) is 11.7 Å². The lowest BCUT2D eigenvalue weighted by atomic mass is 9.95. The van der Waals surface area contributed by atoms with Gasteiger partial charge in [-0.1, -0.05) is 42.5 Å². The third kappa shape index (κ3) is 5.36. The van der Waals surface area contributed by atoms with Gasteiger partial charge < -0.3 is 24.6 Å². The van der Waals surface area contributed by atoms with Crippen LogP contribution in [-0.2, 0) is 20.9 Å². The number of aromatic hydroxyl groups is 1. The molecule has 0 radical (unpaired) electrons. The number of phenols is 1. The predicted molar refractivity (Wildman–Crippen MR) is 131 cm³/mol. The SMILES string of the molecule is COCCCN1C(=O)C(=O)/C(=C(/O)c2ccc(OCc3ccccc3)cc2)C1c1ccc(O)cc1. The van der Waals surface area contributed by atoms with Gasteiger partial charge in [0.2, 0.25) is 0 Å². The van der Waals surface area contributed by atoms with Gasteiger partial charge >= 0.3 is 0 Å². The van der Waals surface area contributed by atoms with Gasteiger partial charge in [-0.2, -0.15) is 0 Å². The second-order valence-corrected chi connectivity index (χ2v) is 8.23. The molecule has 0 spiro atoms. The fourth-order valence-corrected chi connectivity index (χ4v) is 4.10. The lowest BCUT2D eigenvalue weighted by molar-refractivity contribution is -0.140. The maximum atomic E-state index is 13.0. The molecule has 1 atom stereocenters. The lowest BCUT2D eigenvalue weighted by Gasteiger charge is -2.25. The molecule has 4 rings (SSSR count). The molecule has 1 aliphatic heterocycles. The molecular weight excluding hydrogens is 446 g/mol. The number of ketones is 1. The van der Waals surface area contributed by atoms with E-state index in [0.29, 0.717) is 36.5 Å². The number of methoxy groups -OCH3 is 1. The quantitative estimate of drug-likeness (QED) is 0.207. The number of rotatable bonds is 9. The van der Waals surface area contributed by atoms with Crippen LogP contribution in [0.1, 0.15) is 29.2 Å². The second-order valence-electron chi connectivity index (χ2n) is 8.23. The summed E-state index contributed by atoms with van der Waals surface area (Å²) in [5, 5.41) is 20.8. The van der Waals surface area contributed by atoms with Gasteiger partial charge in [0.05, 0.1) is 11.6 Å². The van der Waals surface area contributed by atoms with Crippen molar-refractivity contribution in [2.75, 3.05) is 20.3 Å². The summed E-state index contributed by atoms with van der Waals surface area (Å²) < 4.78 is 10.9. The number of nitrogens with zero attached hydrogens (tertiary/aromatic N) is 1. The zero-order valence-electron chi connectivity index (χ0n) is 19.4. The molecule has 7 heteroatoms. The van der Waals surface area contributed by atoms with Crippen molar-refractivity contribution in [3.05, 3.63) is 101 Å². The van der Waals surface area contributed by atoms with Crippen LogP contribution in [0.2, 0.25) is 0 Å². The maximum absolute atomic E-state index is 13.0. The van der Waals surface area contributed by atoms with Crippen LogP contribution in [0.25, 0.3) is 5.76 Å². The second kappa shape index (κ2) is 10.9. The Balaban J connectivity index is 1.63. The van der Waals surface area contributed by atoms with Crippen LogP contribution in [0.3, 0.4) is 0 Å². The molecule has 0 bridgehead atoms. The number of carbonyl (C=O) groups is 2. The number of hydrogen-bond acceptors (Lipinski definition) is 6. The first-order valence-corrected chi connectivity index (χ1v) is 11.3. The number of phenolic OH excluding ortho intramolecular Hbond substituents is 1. The molecule has 180 valence electrons. The highest BCUT2D eigenvalue weighted by Gasteiger charge is 2.45. The van der Waals surface area contributed by atoms with E-state index in [0.717, 1.165) is 5.56 Å². The zero-order valence-corrected chi connectivity index (χ0v) is 19.4. The molecule has 1 amide bonds. The molecule has 1 fully saturated rings. The van der Waals surface area contributed by atoms with Crippen LogP contribution in [0.4, 0.5) is 0 Å². The number of hydrogen-bond donors (Lipinski definition) is 2. The molecule has 1 heterocycles. The number of aliphatic hydroxyl groups excluding tert-OH is 1. The molecule has 1 aliphatic rings. The van der Waals surface area contributed by atoms with Crippen LogP contribution in [0, 0.1) is 0 Å². The summed E-state index contributed by atoms with van der Waals surface area (Å²) in [5.74, 6) is -1.01. The van der Waals surface area contributed by atoms with E-state index < -0.39 is 17.7 Å². The number of benzene rings is 3. The Morgan fingerprint density at radius 2 is 1.63 bits per heavy atom. The van der Waals surface area contributed by atoms with Gasteiger partial charge in [0, 0.05) is 25.8 Å². The van der Waals surface area contributed by atoms with Crippen LogP contribution < -0.4 is 4.74 Å². The van der Waals surface area contributed by atoms with Crippen molar-refractivity contribution in [1.29, 1.82) is 0 Å². The maximum Gasteiger partial charge on any atom is 0.295 e. The number of carbonyl (C=O) groups excluding carboxylic acids is 2. The Bertz CT molecular complexity index is 1200. The van der Waals surface area contributed by atoms with E-state index in [4.69, 9.17) is 9.47 Å². The summed E-state index contributed by atoms with van der Waals surface area (Å²) in [6.45, 7) is 1.11. The number of aliphatic hydroxyl groups is 1. The van der Waals surface area contributed by atoms with Crippen molar-refractivity contribution in [3.8, 4) is 11.5 Å². The van der Waals surface area contributed by atoms with Gasteiger partial charge in [-0.3, -0.25) is 9.59 Å². The Hall–Kier alpha value is -4.10. The van der Waals surface area contributed by atoms with E-state index in [1.165, 1.54) is 17.0 Å². The average molecular weight is 474 g/mol. The van der Waals surface area contributed by atoms with Crippen LogP contribution >= 0.6 is 0 Å². The minimum atomic E-state index is -0.776. The lowest BCUT2D eigenvalue weighted by Crippen LogP contribution is -2.31. The first-order chi connectivity index (χ1) is 17.0. The topological polar surface area (TPSA) is 96.3 Å². The van der Waals surface area contributed by atoms with Crippen LogP contribution in [0.5, 0.6) is 11.5 Å². The molecular formula is C28H27NO6. The zero-order chi connectivity index (χ0) is 24.8. The van der Waals surface area contributed by atoms with Gasteiger partial charge in [0.1, 0.15) is 23.9 Å². The van der Waals surface area contributed by atoms with Crippen molar-refractivity contribution < 1.29 is 29.3 Å². The standard InChI is InChI=1S/C28H27NO6/c1-34-17-5-16-29-25(20-8-12-22(30)13-9-20)24(27(32)28(29)33)26(31)21-10-14-23(15-11-21)35-18-19-6-3-2-4-7-19/h2-4,6-15,25,30-31H,5,16-18H2,1H3/b26-24+. The minimum absolute atomic E-state index is 0.0102. The van der Waals surface area contributed by atoms with Gasteiger partial charge in [0.15, 0.2) is 0 Å². The van der Waals surface area contributed by atoms with E-state index in [1.54, 1.807) is 43.5 Å². The highest BCUT2D eigenvalue weighted by atomic mass is 16.5. The van der Waals surface area contributed by atoms with E-state index in [-0.39, 0.29) is 23.6 Å². The fourth-order valence-electron chi connectivity index (χ4n) is 4.10. The fraction of sp³-hybridized carbons (Fsp3) is 0.214. The Labute approximate surface area is 203 Å². The third-order valence-corrected chi connectivity index (χ3v) is 5.87. The minimum Gasteiger partial charge on any atom is -0.508 e. The first kappa shape index (κ1) is 24.0. The molecule has 0 aliphatic carbocycles. The highest BCUT2D eigenvalue weighted by molar-refractivity contribution is 6.46.